The Bertz CT molecular complexity index is 614. The van der Waals surface area contributed by atoms with Crippen molar-refractivity contribution in [3.05, 3.63) is 23.3 Å². The second-order valence-electron chi connectivity index (χ2n) is 6.12. The number of phenols is 1. The van der Waals surface area contributed by atoms with Gasteiger partial charge in [-0.2, -0.15) is 0 Å². The highest BCUT2D eigenvalue weighted by atomic mass is 16.7. The molecule has 0 aliphatic carbocycles. The molecule has 0 aromatic heterocycles. The molecule has 1 N–H and O–H groups in total. The van der Waals surface area contributed by atoms with Crippen LogP contribution in [-0.2, 0) is 4.74 Å². The average molecular weight is 306 g/mol. The lowest BCUT2D eigenvalue weighted by molar-refractivity contribution is 0.0501. The first-order valence-corrected chi connectivity index (χ1v) is 7.21. The SMILES string of the molecule is COCOc1cc(O)c(C(=O)C(C)C)c2c1C=CC(C)(C)O2. The van der Waals surface area contributed by atoms with Gasteiger partial charge in [-0.25, -0.2) is 0 Å². The molecule has 0 atom stereocenters. The number of hydrogen-bond acceptors (Lipinski definition) is 5. The smallest absolute Gasteiger partial charge is 0.188 e. The number of carbonyl (C=O) groups is 1. The van der Waals surface area contributed by atoms with Gasteiger partial charge in [-0.1, -0.05) is 13.8 Å². The fourth-order valence-electron chi connectivity index (χ4n) is 2.25. The lowest BCUT2D eigenvalue weighted by Gasteiger charge is -2.30. The summed E-state index contributed by atoms with van der Waals surface area (Å²) < 4.78 is 16.3. The van der Waals surface area contributed by atoms with Crippen LogP contribution in [0.25, 0.3) is 6.08 Å². The first-order chi connectivity index (χ1) is 10.3. The summed E-state index contributed by atoms with van der Waals surface area (Å²) in [4.78, 5) is 12.4. The highest BCUT2D eigenvalue weighted by molar-refractivity contribution is 6.04. The van der Waals surface area contributed by atoms with Crippen molar-refractivity contribution in [2.45, 2.75) is 33.3 Å². The lowest BCUT2D eigenvalue weighted by Crippen LogP contribution is -2.29. The maximum absolute atomic E-state index is 12.4. The van der Waals surface area contributed by atoms with E-state index in [1.54, 1.807) is 13.8 Å². The molecule has 1 aromatic rings. The Balaban J connectivity index is 2.63. The predicted octanol–water partition coefficient (Wildman–Crippen LogP) is 3.40. The molecule has 22 heavy (non-hydrogen) atoms. The third-order valence-corrected chi connectivity index (χ3v) is 3.38. The standard InChI is InChI=1S/C17H22O5/c1-10(2)15(19)14-12(18)8-13(21-9-20-5)11-6-7-17(3,4)22-16(11)14/h6-8,10,18H,9H2,1-5H3. The maximum Gasteiger partial charge on any atom is 0.188 e. The van der Waals surface area contributed by atoms with Crippen molar-refractivity contribution in [3.8, 4) is 17.2 Å². The molecule has 1 aliphatic rings. The molecule has 0 saturated carbocycles. The lowest BCUT2D eigenvalue weighted by atomic mass is 9.93. The van der Waals surface area contributed by atoms with E-state index < -0.39 is 5.60 Å². The molecule has 2 rings (SSSR count). The second-order valence-corrected chi connectivity index (χ2v) is 6.12. The summed E-state index contributed by atoms with van der Waals surface area (Å²) in [5.41, 5.74) is 0.274. The van der Waals surface area contributed by atoms with Gasteiger partial charge in [-0.05, 0) is 26.0 Å². The molecule has 0 spiro atoms. The summed E-state index contributed by atoms with van der Waals surface area (Å²) in [5, 5.41) is 10.3. The summed E-state index contributed by atoms with van der Waals surface area (Å²) in [5.74, 6) is 0.213. The number of carbonyl (C=O) groups excluding carboxylic acids is 1. The molecular formula is C17H22O5. The van der Waals surface area contributed by atoms with E-state index in [1.165, 1.54) is 13.2 Å². The third kappa shape index (κ3) is 3.09. The van der Waals surface area contributed by atoms with Gasteiger partial charge in [-0.15, -0.1) is 0 Å². The van der Waals surface area contributed by atoms with Gasteiger partial charge in [0, 0.05) is 19.1 Å². The van der Waals surface area contributed by atoms with E-state index in [4.69, 9.17) is 14.2 Å². The zero-order valence-corrected chi connectivity index (χ0v) is 13.6. The van der Waals surface area contributed by atoms with E-state index in [0.29, 0.717) is 17.1 Å². The molecule has 0 unspecified atom stereocenters. The Kier molecular flexibility index (Phi) is 4.47. The van der Waals surface area contributed by atoms with Crippen molar-refractivity contribution in [3.63, 3.8) is 0 Å². The van der Waals surface area contributed by atoms with Crippen LogP contribution in [0.4, 0.5) is 0 Å². The summed E-state index contributed by atoms with van der Waals surface area (Å²) in [6, 6.07) is 1.43. The highest BCUT2D eigenvalue weighted by Crippen LogP contribution is 2.44. The zero-order valence-electron chi connectivity index (χ0n) is 13.6. The van der Waals surface area contributed by atoms with E-state index in [2.05, 4.69) is 0 Å². The fraction of sp³-hybridized carbons (Fsp3) is 0.471. The first-order valence-electron chi connectivity index (χ1n) is 7.21. The van der Waals surface area contributed by atoms with E-state index >= 15 is 0 Å². The van der Waals surface area contributed by atoms with Crippen molar-refractivity contribution >= 4 is 11.9 Å². The number of hydrogen-bond donors (Lipinski definition) is 1. The molecule has 1 heterocycles. The number of rotatable bonds is 5. The number of benzene rings is 1. The van der Waals surface area contributed by atoms with Crippen molar-refractivity contribution in [1.29, 1.82) is 0 Å². The van der Waals surface area contributed by atoms with Gasteiger partial charge in [0.15, 0.2) is 12.6 Å². The van der Waals surface area contributed by atoms with Crippen LogP contribution in [-0.4, -0.2) is 30.4 Å². The number of phenolic OH excluding ortho intramolecular Hbond substituents is 1. The Morgan fingerprint density at radius 1 is 1.41 bits per heavy atom. The van der Waals surface area contributed by atoms with Crippen molar-refractivity contribution < 1.29 is 24.1 Å². The summed E-state index contributed by atoms with van der Waals surface area (Å²) in [7, 11) is 1.51. The Hall–Kier alpha value is -2.01. The van der Waals surface area contributed by atoms with Gasteiger partial charge in [0.25, 0.3) is 0 Å². The normalized spacial score (nSPS) is 15.4. The molecule has 1 aromatic carbocycles. The number of aromatic hydroxyl groups is 1. The monoisotopic (exact) mass is 306 g/mol. The molecule has 5 nitrogen and oxygen atoms in total. The highest BCUT2D eigenvalue weighted by Gasteiger charge is 2.31. The van der Waals surface area contributed by atoms with Gasteiger partial charge in [0.2, 0.25) is 0 Å². The molecule has 5 heteroatoms. The van der Waals surface area contributed by atoms with E-state index in [0.717, 1.165) is 0 Å². The molecule has 0 radical (unpaired) electrons. The molecule has 0 saturated heterocycles. The van der Waals surface area contributed by atoms with Gasteiger partial charge < -0.3 is 19.3 Å². The zero-order chi connectivity index (χ0) is 16.5. The first kappa shape index (κ1) is 16.4. The summed E-state index contributed by atoms with van der Waals surface area (Å²) >= 11 is 0. The maximum atomic E-state index is 12.4. The topological polar surface area (TPSA) is 65.0 Å². The van der Waals surface area contributed by atoms with Crippen LogP contribution >= 0.6 is 0 Å². The summed E-state index contributed by atoms with van der Waals surface area (Å²) in [6.07, 6.45) is 3.73. The number of methoxy groups -OCH3 is 1. The van der Waals surface area contributed by atoms with Gasteiger partial charge >= 0.3 is 0 Å². The van der Waals surface area contributed by atoms with E-state index in [-0.39, 0.29) is 29.8 Å². The van der Waals surface area contributed by atoms with E-state index in [1.807, 2.05) is 26.0 Å². The number of Topliss-reactive ketones (excluding diaryl/α,β-unsaturated/α-hetero) is 1. The van der Waals surface area contributed by atoms with Crippen molar-refractivity contribution in [2.24, 2.45) is 5.92 Å². The minimum Gasteiger partial charge on any atom is -0.507 e. The largest absolute Gasteiger partial charge is 0.507 e. The van der Waals surface area contributed by atoms with Crippen molar-refractivity contribution in [1.82, 2.24) is 0 Å². The average Bonchev–Trinajstić information content (AvgIpc) is 2.42. The molecule has 0 fully saturated rings. The summed E-state index contributed by atoms with van der Waals surface area (Å²) in [6.45, 7) is 7.38. The van der Waals surface area contributed by atoms with Crippen LogP contribution in [0, 0.1) is 5.92 Å². The van der Waals surface area contributed by atoms with Crippen LogP contribution in [0.3, 0.4) is 0 Å². The minimum absolute atomic E-state index is 0.0422. The third-order valence-electron chi connectivity index (χ3n) is 3.38. The Morgan fingerprint density at radius 2 is 2.09 bits per heavy atom. The quantitative estimate of drug-likeness (QED) is 0.667. The van der Waals surface area contributed by atoms with Crippen LogP contribution in [0.5, 0.6) is 17.2 Å². The number of fused-ring (bicyclic) bond motifs is 1. The van der Waals surface area contributed by atoms with Crippen LogP contribution < -0.4 is 9.47 Å². The molecule has 1 aliphatic heterocycles. The van der Waals surface area contributed by atoms with Crippen LogP contribution in [0.2, 0.25) is 0 Å². The predicted molar refractivity (Wildman–Crippen MR) is 83.5 cm³/mol. The van der Waals surface area contributed by atoms with Crippen LogP contribution in [0.1, 0.15) is 43.6 Å². The Morgan fingerprint density at radius 3 is 2.68 bits per heavy atom. The van der Waals surface area contributed by atoms with Crippen molar-refractivity contribution in [2.75, 3.05) is 13.9 Å². The molecule has 120 valence electrons. The fourth-order valence-corrected chi connectivity index (χ4v) is 2.25. The van der Waals surface area contributed by atoms with Gasteiger partial charge in [0.1, 0.15) is 28.4 Å². The van der Waals surface area contributed by atoms with Gasteiger partial charge in [0.05, 0.1) is 5.56 Å². The number of ketones is 1. The molecular weight excluding hydrogens is 284 g/mol. The van der Waals surface area contributed by atoms with E-state index in [9.17, 15) is 9.90 Å². The molecule has 0 bridgehead atoms. The minimum atomic E-state index is -0.564. The van der Waals surface area contributed by atoms with Crippen LogP contribution in [0.15, 0.2) is 12.1 Å². The number of ether oxygens (including phenoxy) is 3. The second kappa shape index (κ2) is 6.01. The van der Waals surface area contributed by atoms with Gasteiger partial charge in [-0.3, -0.25) is 4.79 Å². The Labute approximate surface area is 130 Å². The molecule has 0 amide bonds.